The molecule has 1 aliphatic heterocycles. The first-order chi connectivity index (χ1) is 11.3. The maximum Gasteiger partial charge on any atom is 0.200 e. The van der Waals surface area contributed by atoms with Crippen molar-refractivity contribution in [1.82, 2.24) is 25.3 Å². The third-order valence-corrected chi connectivity index (χ3v) is 4.13. The Balaban J connectivity index is 1.58. The summed E-state index contributed by atoms with van der Waals surface area (Å²) in [4.78, 5) is 0. The van der Waals surface area contributed by atoms with Gasteiger partial charge in [-0.25, -0.2) is 0 Å². The van der Waals surface area contributed by atoms with E-state index in [9.17, 15) is 0 Å². The Labute approximate surface area is 133 Å². The molecule has 1 aromatic carbocycles. The molecule has 3 heterocycles. The molecule has 118 valence electrons. The number of aromatic nitrogens is 5. The molecule has 2 atom stereocenters. The van der Waals surface area contributed by atoms with Crippen LogP contribution in [0.15, 0.2) is 36.4 Å². The first-order valence-electron chi connectivity index (χ1n) is 7.80. The van der Waals surface area contributed by atoms with Crippen molar-refractivity contribution < 1.29 is 4.74 Å². The molecule has 0 radical (unpaired) electrons. The van der Waals surface area contributed by atoms with Gasteiger partial charge in [0.1, 0.15) is 11.9 Å². The number of fused-ring (bicyclic) bond motifs is 1. The third kappa shape index (κ3) is 2.87. The molecule has 2 aromatic heterocycles. The molecule has 4 rings (SSSR count). The molecule has 23 heavy (non-hydrogen) atoms. The first-order valence-corrected chi connectivity index (χ1v) is 7.80. The predicted octanol–water partition coefficient (Wildman–Crippen LogP) is 2.16. The highest BCUT2D eigenvalue weighted by atomic mass is 16.5. The molecule has 0 spiro atoms. The van der Waals surface area contributed by atoms with E-state index in [4.69, 9.17) is 4.74 Å². The van der Waals surface area contributed by atoms with E-state index in [1.165, 1.54) is 15.8 Å². The summed E-state index contributed by atoms with van der Waals surface area (Å²) in [5, 5.41) is 19.2. The van der Waals surface area contributed by atoms with E-state index in [0.29, 0.717) is 5.65 Å². The smallest absolute Gasteiger partial charge is 0.200 e. The summed E-state index contributed by atoms with van der Waals surface area (Å²) in [6, 6.07) is 12.4. The van der Waals surface area contributed by atoms with E-state index >= 15 is 0 Å². The van der Waals surface area contributed by atoms with Gasteiger partial charge >= 0.3 is 0 Å². The second kappa shape index (κ2) is 5.92. The van der Waals surface area contributed by atoms with Crippen LogP contribution in [0, 0.1) is 6.92 Å². The summed E-state index contributed by atoms with van der Waals surface area (Å²) >= 11 is 0. The molecule has 1 N–H and O–H groups in total. The maximum absolute atomic E-state index is 6.02. The molecule has 7 heteroatoms. The van der Waals surface area contributed by atoms with Gasteiger partial charge in [0.2, 0.25) is 0 Å². The SMILES string of the molecule is Cc1ccc([C@@H]2OCCC[C@@H]2Nc2ccc3nnnn3n2)cc1. The van der Waals surface area contributed by atoms with E-state index in [1.54, 1.807) is 0 Å². The monoisotopic (exact) mass is 310 g/mol. The van der Waals surface area contributed by atoms with Crippen molar-refractivity contribution in [2.45, 2.75) is 31.9 Å². The Morgan fingerprint density at radius 2 is 2.04 bits per heavy atom. The molecule has 7 nitrogen and oxygen atoms in total. The number of tetrazole rings is 1. The lowest BCUT2D eigenvalue weighted by Gasteiger charge is -2.33. The van der Waals surface area contributed by atoms with Gasteiger partial charge in [-0.15, -0.1) is 14.8 Å². The van der Waals surface area contributed by atoms with Gasteiger partial charge in [-0.2, -0.15) is 0 Å². The van der Waals surface area contributed by atoms with Crippen LogP contribution in [0.4, 0.5) is 5.82 Å². The molecule has 1 saturated heterocycles. The summed E-state index contributed by atoms with van der Waals surface area (Å²) < 4.78 is 7.45. The van der Waals surface area contributed by atoms with Crippen molar-refractivity contribution in [2.75, 3.05) is 11.9 Å². The van der Waals surface area contributed by atoms with Crippen LogP contribution >= 0.6 is 0 Å². The van der Waals surface area contributed by atoms with Crippen molar-refractivity contribution in [3.63, 3.8) is 0 Å². The molecular formula is C16H18N6O. The number of hydrogen-bond donors (Lipinski definition) is 1. The lowest BCUT2D eigenvalue weighted by molar-refractivity contribution is 0.00553. The van der Waals surface area contributed by atoms with E-state index in [0.717, 1.165) is 25.3 Å². The zero-order valence-corrected chi connectivity index (χ0v) is 12.9. The van der Waals surface area contributed by atoms with Crippen LogP contribution in [-0.2, 0) is 4.74 Å². The predicted molar refractivity (Wildman–Crippen MR) is 85.1 cm³/mol. The number of benzene rings is 1. The Hall–Kier alpha value is -2.54. The van der Waals surface area contributed by atoms with Crippen molar-refractivity contribution >= 4 is 11.5 Å². The van der Waals surface area contributed by atoms with Crippen molar-refractivity contribution in [1.29, 1.82) is 0 Å². The number of ether oxygens (including phenoxy) is 1. The standard InChI is InChI=1S/C16H18N6O/c1-11-4-6-12(7-5-11)16-13(3-2-10-23-16)17-14-8-9-15-18-20-21-22(15)19-14/h4-9,13,16H,2-3,10H2,1H3,(H,17,19)/t13-,16-/m0/s1. The van der Waals surface area contributed by atoms with Crippen LogP contribution in [0.25, 0.3) is 5.65 Å². The maximum atomic E-state index is 6.02. The largest absolute Gasteiger partial charge is 0.371 e. The van der Waals surface area contributed by atoms with E-state index in [-0.39, 0.29) is 12.1 Å². The first kappa shape index (κ1) is 14.1. The molecule has 1 aliphatic rings. The van der Waals surface area contributed by atoms with Gasteiger partial charge in [0.25, 0.3) is 0 Å². The summed E-state index contributed by atoms with van der Waals surface area (Å²) in [6.45, 7) is 2.88. The fourth-order valence-corrected chi connectivity index (χ4v) is 2.93. The van der Waals surface area contributed by atoms with Gasteiger partial charge in [-0.05, 0) is 47.9 Å². The number of aryl methyl sites for hydroxylation is 1. The summed E-state index contributed by atoms with van der Waals surface area (Å²) in [5.74, 6) is 0.748. The Kier molecular flexibility index (Phi) is 3.63. The third-order valence-electron chi connectivity index (χ3n) is 4.13. The average Bonchev–Trinajstić information content (AvgIpc) is 3.04. The van der Waals surface area contributed by atoms with Gasteiger partial charge in [0.05, 0.1) is 6.04 Å². The highest BCUT2D eigenvalue weighted by Gasteiger charge is 2.27. The number of anilines is 1. The zero-order chi connectivity index (χ0) is 15.6. The van der Waals surface area contributed by atoms with Gasteiger partial charge in [-0.3, -0.25) is 0 Å². The molecular weight excluding hydrogens is 292 g/mol. The minimum atomic E-state index is 0.0238. The van der Waals surface area contributed by atoms with E-state index in [1.807, 2.05) is 12.1 Å². The molecule has 0 bridgehead atoms. The second-order valence-corrected chi connectivity index (χ2v) is 5.84. The van der Waals surface area contributed by atoms with Crippen LogP contribution < -0.4 is 5.32 Å². The highest BCUT2D eigenvalue weighted by Crippen LogP contribution is 2.30. The molecule has 0 saturated carbocycles. The fourth-order valence-electron chi connectivity index (χ4n) is 2.93. The topological polar surface area (TPSA) is 77.2 Å². The minimum Gasteiger partial charge on any atom is -0.371 e. The second-order valence-electron chi connectivity index (χ2n) is 5.84. The molecule has 0 aliphatic carbocycles. The summed E-state index contributed by atoms with van der Waals surface area (Å²) in [5.41, 5.74) is 3.07. The van der Waals surface area contributed by atoms with Gasteiger partial charge in [0, 0.05) is 6.61 Å². The van der Waals surface area contributed by atoms with Crippen LogP contribution in [-0.4, -0.2) is 37.9 Å². The lowest BCUT2D eigenvalue weighted by atomic mass is 9.95. The number of nitrogens with one attached hydrogen (secondary N) is 1. The molecule has 1 fully saturated rings. The Morgan fingerprint density at radius 3 is 2.91 bits per heavy atom. The number of hydrogen-bond acceptors (Lipinski definition) is 6. The van der Waals surface area contributed by atoms with Gasteiger partial charge in [-0.1, -0.05) is 29.8 Å². The highest BCUT2D eigenvalue weighted by molar-refractivity contribution is 5.43. The normalized spacial score (nSPS) is 21.4. The van der Waals surface area contributed by atoms with Crippen LogP contribution in [0.5, 0.6) is 0 Å². The van der Waals surface area contributed by atoms with Crippen LogP contribution in [0.1, 0.15) is 30.1 Å². The van der Waals surface area contributed by atoms with Crippen molar-refractivity contribution in [3.05, 3.63) is 47.5 Å². The van der Waals surface area contributed by atoms with E-state index < -0.39 is 0 Å². The Morgan fingerprint density at radius 1 is 1.17 bits per heavy atom. The van der Waals surface area contributed by atoms with Gasteiger partial charge in [0.15, 0.2) is 5.65 Å². The minimum absolute atomic E-state index is 0.0238. The lowest BCUT2D eigenvalue weighted by Crippen LogP contribution is -2.34. The van der Waals surface area contributed by atoms with Crippen LogP contribution in [0.2, 0.25) is 0 Å². The van der Waals surface area contributed by atoms with Crippen molar-refractivity contribution in [3.8, 4) is 0 Å². The van der Waals surface area contributed by atoms with Crippen molar-refractivity contribution in [2.24, 2.45) is 0 Å². The van der Waals surface area contributed by atoms with E-state index in [2.05, 4.69) is 57.1 Å². The molecule has 0 unspecified atom stereocenters. The summed E-state index contributed by atoms with van der Waals surface area (Å²) in [6.07, 6.45) is 2.09. The number of nitrogens with zero attached hydrogens (tertiary/aromatic N) is 5. The Bertz CT molecular complexity index is 800. The molecule has 3 aromatic rings. The quantitative estimate of drug-likeness (QED) is 0.799. The zero-order valence-electron chi connectivity index (χ0n) is 12.9. The average molecular weight is 310 g/mol. The summed E-state index contributed by atoms with van der Waals surface area (Å²) in [7, 11) is 0. The fraction of sp³-hybridized carbons (Fsp3) is 0.375. The molecule has 0 amide bonds. The number of rotatable bonds is 3. The van der Waals surface area contributed by atoms with Crippen LogP contribution in [0.3, 0.4) is 0 Å². The van der Waals surface area contributed by atoms with Gasteiger partial charge < -0.3 is 10.1 Å².